The summed E-state index contributed by atoms with van der Waals surface area (Å²) < 4.78 is 16.3. The summed E-state index contributed by atoms with van der Waals surface area (Å²) in [6, 6.07) is 6.08. The van der Waals surface area contributed by atoms with Gasteiger partial charge in [0.15, 0.2) is 0 Å². The molecule has 1 aliphatic heterocycles. The third-order valence-electron chi connectivity index (χ3n) is 3.60. The SMILES string of the molecule is COc1cc2c(cc1CNCc1cc(C)on1)OC(C)C2. The fourth-order valence-corrected chi connectivity index (χ4v) is 2.64. The van der Waals surface area contributed by atoms with Gasteiger partial charge in [0.25, 0.3) is 0 Å². The number of benzene rings is 1. The second-order valence-corrected chi connectivity index (χ2v) is 5.44. The van der Waals surface area contributed by atoms with Gasteiger partial charge in [-0.1, -0.05) is 5.16 Å². The summed E-state index contributed by atoms with van der Waals surface area (Å²) in [6.07, 6.45) is 1.18. The van der Waals surface area contributed by atoms with Crippen LogP contribution in [-0.4, -0.2) is 18.4 Å². The Labute approximate surface area is 124 Å². The zero-order chi connectivity index (χ0) is 14.8. The Bertz CT molecular complexity index is 636. The van der Waals surface area contributed by atoms with Crippen LogP contribution >= 0.6 is 0 Å². The molecular weight excluding hydrogens is 268 g/mol. The Balaban J connectivity index is 1.68. The van der Waals surface area contributed by atoms with Crippen LogP contribution in [0, 0.1) is 6.92 Å². The van der Waals surface area contributed by atoms with Crippen molar-refractivity contribution in [2.45, 2.75) is 39.5 Å². The first-order chi connectivity index (χ1) is 10.2. The van der Waals surface area contributed by atoms with Crippen LogP contribution in [0.5, 0.6) is 11.5 Å². The molecular formula is C16H20N2O3. The summed E-state index contributed by atoms with van der Waals surface area (Å²) in [5.74, 6) is 2.69. The van der Waals surface area contributed by atoms with Gasteiger partial charge in [-0.25, -0.2) is 0 Å². The molecule has 1 aromatic carbocycles. The van der Waals surface area contributed by atoms with Crippen molar-refractivity contribution < 1.29 is 14.0 Å². The summed E-state index contributed by atoms with van der Waals surface area (Å²) in [5, 5.41) is 7.31. The number of rotatable bonds is 5. The van der Waals surface area contributed by atoms with Gasteiger partial charge in [0.1, 0.15) is 23.4 Å². The Morgan fingerprint density at radius 2 is 2.19 bits per heavy atom. The summed E-state index contributed by atoms with van der Waals surface area (Å²) in [7, 11) is 1.70. The van der Waals surface area contributed by atoms with Crippen LogP contribution in [0.25, 0.3) is 0 Å². The number of hydrogen-bond donors (Lipinski definition) is 1. The average molecular weight is 288 g/mol. The molecule has 0 aliphatic carbocycles. The lowest BCUT2D eigenvalue weighted by Gasteiger charge is -2.11. The standard InChI is InChI=1S/C16H20N2O3/c1-10-4-12-6-15(19-3)13(7-16(12)20-10)8-17-9-14-5-11(2)21-18-14/h5-7,10,17H,4,8-9H2,1-3H3. The van der Waals surface area contributed by atoms with E-state index in [1.54, 1.807) is 7.11 Å². The van der Waals surface area contributed by atoms with Gasteiger partial charge in [0.2, 0.25) is 0 Å². The number of hydrogen-bond acceptors (Lipinski definition) is 5. The third-order valence-corrected chi connectivity index (χ3v) is 3.60. The first-order valence-corrected chi connectivity index (χ1v) is 7.15. The fourth-order valence-electron chi connectivity index (χ4n) is 2.64. The average Bonchev–Trinajstić information content (AvgIpc) is 3.02. The molecule has 0 amide bonds. The van der Waals surface area contributed by atoms with Crippen molar-refractivity contribution in [3.63, 3.8) is 0 Å². The van der Waals surface area contributed by atoms with E-state index in [4.69, 9.17) is 14.0 Å². The quantitative estimate of drug-likeness (QED) is 0.916. The van der Waals surface area contributed by atoms with Crippen LogP contribution in [0.3, 0.4) is 0 Å². The minimum Gasteiger partial charge on any atom is -0.496 e. The van der Waals surface area contributed by atoms with Crippen LogP contribution in [0.2, 0.25) is 0 Å². The van der Waals surface area contributed by atoms with Gasteiger partial charge < -0.3 is 19.3 Å². The van der Waals surface area contributed by atoms with Gasteiger partial charge in [-0.15, -0.1) is 0 Å². The molecule has 5 heteroatoms. The van der Waals surface area contributed by atoms with Crippen molar-refractivity contribution in [3.05, 3.63) is 40.8 Å². The normalized spacial score (nSPS) is 16.6. The Morgan fingerprint density at radius 3 is 2.90 bits per heavy atom. The molecule has 1 aromatic heterocycles. The molecule has 21 heavy (non-hydrogen) atoms. The lowest BCUT2D eigenvalue weighted by molar-refractivity contribution is 0.254. The van der Waals surface area contributed by atoms with Crippen LogP contribution in [0.4, 0.5) is 0 Å². The largest absolute Gasteiger partial charge is 0.496 e. The third kappa shape index (κ3) is 3.03. The number of aryl methyl sites for hydroxylation is 1. The number of aromatic nitrogens is 1. The molecule has 0 saturated heterocycles. The number of nitrogens with zero attached hydrogens (tertiary/aromatic N) is 1. The first-order valence-electron chi connectivity index (χ1n) is 7.15. The van der Waals surface area contributed by atoms with Crippen molar-refractivity contribution in [1.29, 1.82) is 0 Å². The van der Waals surface area contributed by atoms with Gasteiger partial charge in [0.05, 0.1) is 12.8 Å². The molecule has 2 heterocycles. The van der Waals surface area contributed by atoms with Crippen LogP contribution in [0.15, 0.2) is 22.7 Å². The summed E-state index contributed by atoms with van der Waals surface area (Å²) in [6.45, 7) is 5.32. The maximum Gasteiger partial charge on any atom is 0.133 e. The van der Waals surface area contributed by atoms with E-state index >= 15 is 0 Å². The van der Waals surface area contributed by atoms with Crippen LogP contribution < -0.4 is 14.8 Å². The van der Waals surface area contributed by atoms with E-state index in [0.29, 0.717) is 13.1 Å². The first kappa shape index (κ1) is 13.9. The number of fused-ring (bicyclic) bond motifs is 1. The summed E-state index contributed by atoms with van der Waals surface area (Å²) in [5.41, 5.74) is 3.21. The molecule has 0 spiro atoms. The second kappa shape index (κ2) is 5.77. The van der Waals surface area contributed by atoms with Crippen molar-refractivity contribution >= 4 is 0 Å². The zero-order valence-corrected chi connectivity index (χ0v) is 12.6. The van der Waals surface area contributed by atoms with E-state index in [1.165, 1.54) is 5.56 Å². The molecule has 0 saturated carbocycles. The predicted molar refractivity (Wildman–Crippen MR) is 78.6 cm³/mol. The highest BCUT2D eigenvalue weighted by atomic mass is 16.5. The second-order valence-electron chi connectivity index (χ2n) is 5.44. The molecule has 1 N–H and O–H groups in total. The monoisotopic (exact) mass is 288 g/mol. The van der Waals surface area contributed by atoms with Crippen molar-refractivity contribution in [3.8, 4) is 11.5 Å². The van der Waals surface area contributed by atoms with E-state index in [2.05, 4.69) is 29.5 Å². The molecule has 0 fully saturated rings. The predicted octanol–water partition coefficient (Wildman–Crippen LogP) is 2.60. The molecule has 2 aromatic rings. The van der Waals surface area contributed by atoms with Crippen molar-refractivity contribution in [2.75, 3.05) is 7.11 Å². The van der Waals surface area contributed by atoms with Crippen LogP contribution in [0.1, 0.15) is 29.5 Å². The van der Waals surface area contributed by atoms with E-state index in [9.17, 15) is 0 Å². The maximum absolute atomic E-state index is 5.80. The van der Waals surface area contributed by atoms with Gasteiger partial charge in [0, 0.05) is 36.7 Å². The van der Waals surface area contributed by atoms with E-state index in [-0.39, 0.29) is 6.10 Å². The summed E-state index contributed by atoms with van der Waals surface area (Å²) in [4.78, 5) is 0. The lowest BCUT2D eigenvalue weighted by Crippen LogP contribution is -2.13. The van der Waals surface area contributed by atoms with E-state index in [1.807, 2.05) is 13.0 Å². The topological polar surface area (TPSA) is 56.5 Å². The minimum absolute atomic E-state index is 0.242. The van der Waals surface area contributed by atoms with Gasteiger partial charge >= 0.3 is 0 Å². The molecule has 1 unspecified atom stereocenters. The van der Waals surface area contributed by atoms with Crippen LogP contribution in [-0.2, 0) is 19.5 Å². The molecule has 1 aliphatic rings. The van der Waals surface area contributed by atoms with E-state index < -0.39 is 0 Å². The molecule has 0 bridgehead atoms. The molecule has 112 valence electrons. The highest BCUT2D eigenvalue weighted by molar-refractivity contribution is 5.48. The number of nitrogens with one attached hydrogen (secondary N) is 1. The Kier molecular flexibility index (Phi) is 3.84. The smallest absolute Gasteiger partial charge is 0.133 e. The zero-order valence-electron chi connectivity index (χ0n) is 12.6. The van der Waals surface area contributed by atoms with Gasteiger partial charge in [-0.3, -0.25) is 0 Å². The lowest BCUT2D eigenvalue weighted by atomic mass is 10.1. The number of methoxy groups -OCH3 is 1. The molecule has 1 atom stereocenters. The Morgan fingerprint density at radius 1 is 1.33 bits per heavy atom. The van der Waals surface area contributed by atoms with Gasteiger partial charge in [-0.2, -0.15) is 0 Å². The Hall–Kier alpha value is -2.01. The summed E-state index contributed by atoms with van der Waals surface area (Å²) >= 11 is 0. The highest BCUT2D eigenvalue weighted by Crippen LogP contribution is 2.34. The molecule has 5 nitrogen and oxygen atoms in total. The van der Waals surface area contributed by atoms with Gasteiger partial charge in [-0.05, 0) is 26.0 Å². The molecule has 3 rings (SSSR count). The maximum atomic E-state index is 5.80. The van der Waals surface area contributed by atoms with E-state index in [0.717, 1.165) is 34.9 Å². The molecule has 0 radical (unpaired) electrons. The van der Waals surface area contributed by atoms with Crippen molar-refractivity contribution in [1.82, 2.24) is 10.5 Å². The number of ether oxygens (including phenoxy) is 2. The fraction of sp³-hybridized carbons (Fsp3) is 0.438. The highest BCUT2D eigenvalue weighted by Gasteiger charge is 2.21. The minimum atomic E-state index is 0.242. The van der Waals surface area contributed by atoms with Crippen molar-refractivity contribution in [2.24, 2.45) is 0 Å².